The number of nitrogens with zero attached hydrogens (tertiary/aromatic N) is 4. The van der Waals surface area contributed by atoms with Gasteiger partial charge in [-0.15, -0.1) is 37.2 Å². The van der Waals surface area contributed by atoms with E-state index in [2.05, 4.69) is 30.1 Å². The average molecular weight is 464 g/mol. The van der Waals surface area contributed by atoms with Crippen LogP contribution < -0.4 is 5.32 Å². The Bertz CT molecular complexity index is 877. The van der Waals surface area contributed by atoms with Crippen molar-refractivity contribution in [2.24, 2.45) is 4.99 Å². The van der Waals surface area contributed by atoms with Crippen molar-refractivity contribution >= 4 is 66.2 Å². The van der Waals surface area contributed by atoms with E-state index in [0.717, 1.165) is 55.9 Å². The first-order chi connectivity index (χ1) is 12.7. The second-order valence-corrected chi connectivity index (χ2v) is 6.38. The molecule has 0 radical (unpaired) electrons. The molecule has 0 atom stereocenters. The zero-order chi connectivity index (χ0) is 17.9. The fraction of sp³-hybridized carbons (Fsp3) is 0.389. The molecule has 2 aliphatic heterocycles. The highest BCUT2D eigenvalue weighted by Gasteiger charge is 2.27. The molecule has 0 bridgehead atoms. The third-order valence-corrected chi connectivity index (χ3v) is 4.74. The van der Waals surface area contributed by atoms with E-state index in [1.807, 2.05) is 18.3 Å². The Hall–Kier alpha value is -1.84. The van der Waals surface area contributed by atoms with E-state index in [9.17, 15) is 4.79 Å². The summed E-state index contributed by atoms with van der Waals surface area (Å²) in [6.07, 6.45) is 5.39. The van der Waals surface area contributed by atoms with E-state index >= 15 is 0 Å². The number of carbonyl (C=O) groups excluding carboxylic acids is 1. The van der Waals surface area contributed by atoms with Crippen LogP contribution in [0, 0.1) is 0 Å². The van der Waals surface area contributed by atoms with Gasteiger partial charge in [-0.3, -0.25) is 15.0 Å². The van der Waals surface area contributed by atoms with E-state index in [1.54, 1.807) is 19.4 Å². The molecular formula is C18H25Cl3N6O2. The van der Waals surface area contributed by atoms with Crippen LogP contribution in [0.3, 0.4) is 0 Å². The standard InChI is InChI=1S/C18H22N6O2.3ClH/c1-26-10-9-23-5-7-24(8-6-23)18-21-15(17(25)22-18)11-13-12-20-16-14(13)3-2-4-19-16;;;/h2-4,11-12H,5-10H2,1H3,(H,19,20)(H,21,22,25);3*1H. The van der Waals surface area contributed by atoms with Crippen LogP contribution in [0.15, 0.2) is 35.2 Å². The van der Waals surface area contributed by atoms with E-state index in [4.69, 9.17) is 4.74 Å². The first kappa shape index (κ1) is 25.2. The van der Waals surface area contributed by atoms with Crippen LogP contribution in [0.4, 0.5) is 0 Å². The molecule has 29 heavy (non-hydrogen) atoms. The number of guanidine groups is 1. The number of hydrogen-bond acceptors (Lipinski definition) is 6. The Labute approximate surface area is 188 Å². The second kappa shape index (κ2) is 11.4. The van der Waals surface area contributed by atoms with Crippen LogP contribution in [-0.4, -0.2) is 78.1 Å². The first-order valence-corrected chi connectivity index (χ1v) is 8.74. The monoisotopic (exact) mass is 462 g/mol. The zero-order valence-electron chi connectivity index (χ0n) is 16.0. The van der Waals surface area contributed by atoms with Gasteiger partial charge < -0.3 is 14.6 Å². The zero-order valence-corrected chi connectivity index (χ0v) is 18.4. The van der Waals surface area contributed by atoms with E-state index in [1.165, 1.54) is 0 Å². The maximum Gasteiger partial charge on any atom is 0.276 e. The quantitative estimate of drug-likeness (QED) is 0.677. The van der Waals surface area contributed by atoms with Gasteiger partial charge in [-0.05, 0) is 18.2 Å². The maximum absolute atomic E-state index is 12.3. The number of methoxy groups -OCH3 is 1. The Morgan fingerprint density at radius 2 is 1.97 bits per heavy atom. The number of fused-ring (bicyclic) bond motifs is 1. The summed E-state index contributed by atoms with van der Waals surface area (Å²) < 4.78 is 5.13. The van der Waals surface area contributed by atoms with Crippen molar-refractivity contribution in [1.82, 2.24) is 25.1 Å². The van der Waals surface area contributed by atoms with Crippen LogP contribution in [0.5, 0.6) is 0 Å². The Morgan fingerprint density at radius 1 is 1.21 bits per heavy atom. The van der Waals surface area contributed by atoms with Gasteiger partial charge in [0.2, 0.25) is 5.96 Å². The van der Waals surface area contributed by atoms with Crippen LogP contribution in [0.1, 0.15) is 5.56 Å². The van der Waals surface area contributed by atoms with Crippen molar-refractivity contribution in [3.05, 3.63) is 35.8 Å². The molecule has 8 nitrogen and oxygen atoms in total. The highest BCUT2D eigenvalue weighted by molar-refractivity contribution is 6.14. The summed E-state index contributed by atoms with van der Waals surface area (Å²) in [5.41, 5.74) is 2.13. The van der Waals surface area contributed by atoms with Gasteiger partial charge in [-0.2, -0.15) is 0 Å². The Morgan fingerprint density at radius 3 is 2.69 bits per heavy atom. The summed E-state index contributed by atoms with van der Waals surface area (Å²) in [7, 11) is 1.72. The lowest BCUT2D eigenvalue weighted by atomic mass is 10.2. The van der Waals surface area contributed by atoms with Crippen molar-refractivity contribution in [2.45, 2.75) is 0 Å². The van der Waals surface area contributed by atoms with Gasteiger partial charge >= 0.3 is 0 Å². The smallest absolute Gasteiger partial charge is 0.276 e. The third-order valence-electron chi connectivity index (χ3n) is 4.74. The molecular weight excluding hydrogens is 439 g/mol. The normalized spacial score (nSPS) is 18.0. The number of aromatic nitrogens is 2. The summed E-state index contributed by atoms with van der Waals surface area (Å²) in [5.74, 6) is 0.477. The summed E-state index contributed by atoms with van der Waals surface area (Å²) in [6, 6.07) is 3.85. The predicted octanol–water partition coefficient (Wildman–Crippen LogP) is 1.92. The van der Waals surface area contributed by atoms with E-state index in [0.29, 0.717) is 11.7 Å². The number of nitrogens with one attached hydrogen (secondary N) is 2. The molecule has 2 aromatic heterocycles. The number of pyridine rings is 1. The van der Waals surface area contributed by atoms with Crippen molar-refractivity contribution < 1.29 is 9.53 Å². The minimum Gasteiger partial charge on any atom is -0.383 e. The number of carbonyl (C=O) groups is 1. The van der Waals surface area contributed by atoms with E-state index in [-0.39, 0.29) is 43.1 Å². The highest BCUT2D eigenvalue weighted by Crippen LogP contribution is 2.20. The summed E-state index contributed by atoms with van der Waals surface area (Å²) in [5, 5.41) is 3.87. The van der Waals surface area contributed by atoms with E-state index < -0.39 is 0 Å². The molecule has 1 amide bonds. The molecule has 11 heteroatoms. The molecule has 0 aliphatic carbocycles. The van der Waals surface area contributed by atoms with Crippen LogP contribution in [-0.2, 0) is 9.53 Å². The summed E-state index contributed by atoms with van der Waals surface area (Å²) in [6.45, 7) is 5.23. The summed E-state index contributed by atoms with van der Waals surface area (Å²) in [4.78, 5) is 28.7. The van der Waals surface area contributed by atoms with Gasteiger partial charge in [0.25, 0.3) is 5.91 Å². The Balaban J connectivity index is 0.00000140. The molecule has 2 N–H and O–H groups in total. The van der Waals surface area contributed by atoms with Crippen molar-refractivity contribution in [1.29, 1.82) is 0 Å². The Kier molecular flexibility index (Phi) is 9.88. The van der Waals surface area contributed by atoms with Gasteiger partial charge in [0.1, 0.15) is 11.3 Å². The van der Waals surface area contributed by atoms with Crippen LogP contribution in [0.2, 0.25) is 0 Å². The minimum absolute atomic E-state index is 0. The molecule has 4 rings (SSSR count). The van der Waals surface area contributed by atoms with Crippen molar-refractivity contribution in [3.63, 3.8) is 0 Å². The van der Waals surface area contributed by atoms with Gasteiger partial charge in [-0.25, -0.2) is 9.98 Å². The first-order valence-electron chi connectivity index (χ1n) is 8.74. The molecule has 160 valence electrons. The number of piperazine rings is 1. The summed E-state index contributed by atoms with van der Waals surface area (Å²) >= 11 is 0. The minimum atomic E-state index is -0.167. The molecule has 0 saturated carbocycles. The second-order valence-electron chi connectivity index (χ2n) is 6.38. The number of H-pyrrole nitrogens is 1. The van der Waals surface area contributed by atoms with Crippen LogP contribution >= 0.6 is 37.2 Å². The van der Waals surface area contributed by atoms with Gasteiger partial charge in [-0.1, -0.05) is 0 Å². The maximum atomic E-state index is 12.3. The third kappa shape index (κ3) is 5.61. The molecule has 4 heterocycles. The topological polar surface area (TPSA) is 85.8 Å². The fourth-order valence-corrected chi connectivity index (χ4v) is 3.25. The number of amides is 1. The SMILES string of the molecule is COCCN1CCN(C2=NC(=Cc3c[nH]c4ncccc34)C(=O)N2)CC1.Cl.Cl.Cl. The number of aromatic amines is 1. The average Bonchev–Trinajstić information content (AvgIpc) is 3.25. The highest BCUT2D eigenvalue weighted by atomic mass is 35.5. The number of rotatable bonds is 4. The van der Waals surface area contributed by atoms with Gasteiger partial charge in [0.05, 0.1) is 6.61 Å². The van der Waals surface area contributed by atoms with Crippen molar-refractivity contribution in [2.75, 3.05) is 46.4 Å². The fourth-order valence-electron chi connectivity index (χ4n) is 3.25. The molecule has 0 aromatic carbocycles. The lowest BCUT2D eigenvalue weighted by molar-refractivity contribution is -0.115. The number of ether oxygens (including phenoxy) is 1. The van der Waals surface area contributed by atoms with Crippen molar-refractivity contribution in [3.8, 4) is 0 Å². The molecule has 2 aromatic rings. The largest absolute Gasteiger partial charge is 0.383 e. The number of aliphatic imine (C=N–C) groups is 1. The number of hydrogen-bond donors (Lipinski definition) is 2. The molecule has 1 fully saturated rings. The van der Waals surface area contributed by atoms with Crippen LogP contribution in [0.25, 0.3) is 17.1 Å². The lowest BCUT2D eigenvalue weighted by Crippen LogP contribution is -2.52. The van der Waals surface area contributed by atoms with Gasteiger partial charge in [0, 0.05) is 63.2 Å². The van der Waals surface area contributed by atoms with Gasteiger partial charge in [0.15, 0.2) is 0 Å². The molecule has 0 unspecified atom stereocenters. The molecule has 0 spiro atoms. The lowest BCUT2D eigenvalue weighted by Gasteiger charge is -2.35. The molecule has 2 aliphatic rings. The predicted molar refractivity (Wildman–Crippen MR) is 121 cm³/mol. The molecule has 1 saturated heterocycles. The number of halogens is 3.